The minimum Gasteiger partial charge on any atom is -0.354 e. The molecule has 2 aromatic rings. The van der Waals surface area contributed by atoms with Crippen molar-refractivity contribution in [2.24, 2.45) is 0 Å². The number of rotatable bonds is 10. The maximum atomic E-state index is 13.3. The molecule has 0 aromatic heterocycles. The highest BCUT2D eigenvalue weighted by molar-refractivity contribution is 7.90. The number of nitrogens with one attached hydrogen (secondary N) is 1. The molecule has 9 heteroatoms. The predicted octanol–water partition coefficient (Wildman–Crippen LogP) is 2.86. The summed E-state index contributed by atoms with van der Waals surface area (Å²) in [5, 5.41) is 2.85. The van der Waals surface area contributed by atoms with E-state index in [1.165, 1.54) is 17.0 Å². The molecule has 0 bridgehead atoms. The second-order valence-electron chi connectivity index (χ2n) is 8.46. The van der Waals surface area contributed by atoms with Gasteiger partial charge in [-0.25, -0.2) is 12.7 Å². The number of benzene rings is 2. The Bertz CT molecular complexity index is 1160. The molecule has 0 saturated heterocycles. The van der Waals surface area contributed by atoms with Gasteiger partial charge >= 0.3 is 0 Å². The summed E-state index contributed by atoms with van der Waals surface area (Å²) in [7, 11) is -4.00. The molecule has 0 radical (unpaired) electrons. The first-order chi connectivity index (χ1) is 16.2. The van der Waals surface area contributed by atoms with Gasteiger partial charge in [-0.15, -0.1) is 0 Å². The lowest BCUT2D eigenvalue weighted by atomic mass is 10.1. The molecule has 3 rings (SSSR count). The van der Waals surface area contributed by atoms with Crippen LogP contribution in [0.5, 0.6) is 0 Å². The molecule has 1 aliphatic rings. The Hall–Kier alpha value is -3.20. The highest BCUT2D eigenvalue weighted by Crippen LogP contribution is 2.30. The third kappa shape index (κ3) is 5.47. The second-order valence-corrected chi connectivity index (χ2v) is 10.3. The van der Waals surface area contributed by atoms with E-state index in [-0.39, 0.29) is 35.9 Å². The summed E-state index contributed by atoms with van der Waals surface area (Å²) in [5.74, 6) is -1.32. The summed E-state index contributed by atoms with van der Waals surface area (Å²) >= 11 is 0. The van der Waals surface area contributed by atoms with E-state index in [4.69, 9.17) is 0 Å². The summed E-state index contributed by atoms with van der Waals surface area (Å²) < 4.78 is 26.4. The van der Waals surface area contributed by atoms with E-state index in [9.17, 15) is 22.8 Å². The number of fused-ring (bicyclic) bond motifs is 1. The number of hydrogen-bond donors (Lipinski definition) is 1. The van der Waals surface area contributed by atoms with Crippen LogP contribution in [-0.4, -0.2) is 54.5 Å². The molecule has 0 aliphatic carbocycles. The second kappa shape index (κ2) is 10.8. The molecule has 1 aliphatic heterocycles. The van der Waals surface area contributed by atoms with Crippen molar-refractivity contribution in [2.75, 3.05) is 13.1 Å². The van der Waals surface area contributed by atoms with Crippen LogP contribution in [0.25, 0.3) is 0 Å². The van der Waals surface area contributed by atoms with Gasteiger partial charge < -0.3 is 10.2 Å². The Morgan fingerprint density at radius 1 is 1.09 bits per heavy atom. The third-order valence-corrected chi connectivity index (χ3v) is 7.75. The molecule has 8 nitrogen and oxygen atoms in total. The summed E-state index contributed by atoms with van der Waals surface area (Å²) in [5.41, 5.74) is 2.03. The van der Waals surface area contributed by atoms with Crippen LogP contribution in [0.2, 0.25) is 0 Å². The van der Waals surface area contributed by atoms with Gasteiger partial charge in [0.15, 0.2) is 0 Å². The van der Waals surface area contributed by atoms with Crippen molar-refractivity contribution in [3.05, 3.63) is 65.2 Å². The maximum absolute atomic E-state index is 13.3. The predicted molar refractivity (Wildman–Crippen MR) is 128 cm³/mol. The number of nitrogens with zero attached hydrogens (tertiary/aromatic N) is 2. The van der Waals surface area contributed by atoms with E-state index < -0.39 is 27.9 Å². The van der Waals surface area contributed by atoms with E-state index in [1.807, 2.05) is 38.1 Å². The number of hydrogen-bond acceptors (Lipinski definition) is 5. The van der Waals surface area contributed by atoms with E-state index in [0.29, 0.717) is 6.54 Å². The Morgan fingerprint density at radius 3 is 2.41 bits per heavy atom. The lowest BCUT2D eigenvalue weighted by Gasteiger charge is -2.29. The number of carbonyl (C=O) groups is 3. The Kier molecular flexibility index (Phi) is 8.09. The van der Waals surface area contributed by atoms with E-state index in [2.05, 4.69) is 5.32 Å². The third-order valence-electron chi connectivity index (χ3n) is 5.91. The number of aryl methyl sites for hydroxylation is 1. The van der Waals surface area contributed by atoms with Crippen molar-refractivity contribution in [1.82, 2.24) is 14.5 Å². The summed E-state index contributed by atoms with van der Waals surface area (Å²) in [6.07, 6.45) is 1.54. The van der Waals surface area contributed by atoms with Gasteiger partial charge in [0.25, 0.3) is 15.9 Å². The molecule has 1 N–H and O–H groups in total. The van der Waals surface area contributed by atoms with Gasteiger partial charge in [-0.1, -0.05) is 55.3 Å². The van der Waals surface area contributed by atoms with Gasteiger partial charge in [-0.05, 0) is 38.0 Å². The van der Waals surface area contributed by atoms with Crippen LogP contribution in [0.4, 0.5) is 0 Å². The van der Waals surface area contributed by atoms with E-state index >= 15 is 0 Å². The molecule has 0 fully saturated rings. The Balaban J connectivity index is 1.76. The minimum absolute atomic E-state index is 0.0485. The molecule has 2 aromatic carbocycles. The van der Waals surface area contributed by atoms with Gasteiger partial charge in [-0.2, -0.15) is 0 Å². The maximum Gasteiger partial charge on any atom is 0.269 e. The van der Waals surface area contributed by atoms with Crippen molar-refractivity contribution >= 4 is 27.7 Å². The lowest BCUT2D eigenvalue weighted by molar-refractivity contribution is -0.140. The van der Waals surface area contributed by atoms with Crippen LogP contribution in [0.15, 0.2) is 53.4 Å². The average Bonchev–Trinajstić information content (AvgIpc) is 3.02. The number of unbranched alkanes of at least 4 members (excludes halogenated alkanes) is 1. The highest BCUT2D eigenvalue weighted by Gasteiger charge is 2.41. The number of sulfonamides is 1. The van der Waals surface area contributed by atoms with E-state index in [1.54, 1.807) is 19.1 Å². The standard InChI is InChI=1S/C25H31N3O5S/c1-4-5-15-26-24(30)19(3)27(17-20-12-10-18(2)11-13-20)23(29)14-16-28-25(31)21-8-6-7-9-22(21)34(28,32)33/h6-13,19H,4-5,14-17H2,1-3H3,(H,26,30). The first kappa shape index (κ1) is 25.4. The molecule has 182 valence electrons. The zero-order valence-electron chi connectivity index (χ0n) is 19.8. The van der Waals surface area contributed by atoms with Crippen LogP contribution in [0.3, 0.4) is 0 Å². The monoisotopic (exact) mass is 485 g/mol. The van der Waals surface area contributed by atoms with Crippen LogP contribution in [0, 0.1) is 6.92 Å². The van der Waals surface area contributed by atoms with Crippen molar-refractivity contribution in [1.29, 1.82) is 0 Å². The average molecular weight is 486 g/mol. The lowest BCUT2D eigenvalue weighted by Crippen LogP contribution is -2.48. The summed E-state index contributed by atoms with van der Waals surface area (Å²) in [6, 6.07) is 12.9. The highest BCUT2D eigenvalue weighted by atomic mass is 32.2. The molecule has 0 saturated carbocycles. The molecule has 3 amide bonds. The van der Waals surface area contributed by atoms with Gasteiger partial charge in [-0.3, -0.25) is 14.4 Å². The van der Waals surface area contributed by atoms with Crippen molar-refractivity contribution in [3.8, 4) is 0 Å². The van der Waals surface area contributed by atoms with Crippen molar-refractivity contribution < 1.29 is 22.8 Å². The molecular formula is C25H31N3O5S. The van der Waals surface area contributed by atoms with Gasteiger partial charge in [0.1, 0.15) is 10.9 Å². The fourth-order valence-electron chi connectivity index (χ4n) is 3.80. The van der Waals surface area contributed by atoms with Crippen LogP contribution in [-0.2, 0) is 26.2 Å². The molecule has 34 heavy (non-hydrogen) atoms. The first-order valence-electron chi connectivity index (χ1n) is 11.5. The number of amides is 3. The quantitative estimate of drug-likeness (QED) is 0.521. The molecule has 1 atom stereocenters. The zero-order chi connectivity index (χ0) is 24.9. The normalized spacial score (nSPS) is 15.0. The van der Waals surface area contributed by atoms with Gasteiger partial charge in [0.05, 0.1) is 5.56 Å². The summed E-state index contributed by atoms with van der Waals surface area (Å²) in [4.78, 5) is 40.0. The molecule has 1 heterocycles. The number of carbonyl (C=O) groups excluding carboxylic acids is 3. The SMILES string of the molecule is CCCCNC(=O)C(C)N(Cc1ccc(C)cc1)C(=O)CCN1C(=O)c2ccccc2S1(=O)=O. The van der Waals surface area contributed by atoms with Gasteiger partial charge in [0, 0.05) is 26.1 Å². The zero-order valence-corrected chi connectivity index (χ0v) is 20.6. The van der Waals surface area contributed by atoms with Crippen molar-refractivity contribution in [2.45, 2.75) is 57.5 Å². The van der Waals surface area contributed by atoms with Crippen LogP contribution in [0.1, 0.15) is 54.6 Å². The topological polar surface area (TPSA) is 104 Å². The van der Waals surface area contributed by atoms with Crippen LogP contribution >= 0.6 is 0 Å². The molecule has 0 spiro atoms. The first-order valence-corrected chi connectivity index (χ1v) is 12.9. The molecular weight excluding hydrogens is 454 g/mol. The largest absolute Gasteiger partial charge is 0.354 e. The van der Waals surface area contributed by atoms with Gasteiger partial charge in [0.2, 0.25) is 11.8 Å². The van der Waals surface area contributed by atoms with Crippen LogP contribution < -0.4 is 5.32 Å². The fourth-order valence-corrected chi connectivity index (χ4v) is 5.37. The fraction of sp³-hybridized carbons (Fsp3) is 0.400. The Morgan fingerprint density at radius 2 is 1.76 bits per heavy atom. The smallest absolute Gasteiger partial charge is 0.269 e. The van der Waals surface area contributed by atoms with E-state index in [0.717, 1.165) is 28.3 Å². The molecule has 1 unspecified atom stereocenters. The Labute approximate surface area is 201 Å². The summed E-state index contributed by atoms with van der Waals surface area (Å²) in [6.45, 7) is 6.06. The van der Waals surface area contributed by atoms with Crippen molar-refractivity contribution in [3.63, 3.8) is 0 Å². The minimum atomic E-state index is -4.00.